The lowest BCUT2D eigenvalue weighted by Gasteiger charge is -2.16. The molecule has 1 amide bonds. The van der Waals surface area contributed by atoms with Crippen LogP contribution in [0.5, 0.6) is 5.75 Å². The third kappa shape index (κ3) is 3.55. The molecule has 1 unspecified atom stereocenters. The minimum absolute atomic E-state index is 0.149. The number of halogens is 2. The predicted molar refractivity (Wildman–Crippen MR) is 74.3 cm³/mol. The SMILES string of the molecule is O=C(O)C1CCN(C(=O)COc2ccc(Cl)c(Cl)c2)C1. The zero-order chi connectivity index (χ0) is 14.7. The van der Waals surface area contributed by atoms with Crippen LogP contribution < -0.4 is 4.74 Å². The first-order valence-electron chi connectivity index (χ1n) is 6.06. The van der Waals surface area contributed by atoms with E-state index in [9.17, 15) is 9.59 Å². The number of carbonyl (C=O) groups excluding carboxylic acids is 1. The van der Waals surface area contributed by atoms with E-state index in [2.05, 4.69) is 0 Å². The molecular weight excluding hydrogens is 305 g/mol. The normalized spacial score (nSPS) is 18.1. The summed E-state index contributed by atoms with van der Waals surface area (Å²) in [5.74, 6) is -1.14. The summed E-state index contributed by atoms with van der Waals surface area (Å²) in [5, 5.41) is 9.64. The van der Waals surface area contributed by atoms with Crippen molar-refractivity contribution in [3.05, 3.63) is 28.2 Å². The third-order valence-electron chi connectivity index (χ3n) is 3.14. The molecule has 2 rings (SSSR count). The molecule has 0 aromatic heterocycles. The molecule has 1 aromatic rings. The second kappa shape index (κ2) is 6.33. The lowest BCUT2D eigenvalue weighted by atomic mass is 10.1. The fourth-order valence-electron chi connectivity index (χ4n) is 1.99. The second-order valence-electron chi connectivity index (χ2n) is 4.53. The van der Waals surface area contributed by atoms with Crippen molar-refractivity contribution in [3.63, 3.8) is 0 Å². The molecule has 1 aliphatic rings. The summed E-state index contributed by atoms with van der Waals surface area (Å²) < 4.78 is 5.33. The molecule has 0 saturated carbocycles. The van der Waals surface area contributed by atoms with Crippen molar-refractivity contribution in [1.29, 1.82) is 0 Å². The molecular formula is C13H13Cl2NO4. The van der Waals surface area contributed by atoms with Gasteiger partial charge in [0.2, 0.25) is 0 Å². The molecule has 20 heavy (non-hydrogen) atoms. The Hall–Kier alpha value is -1.46. The lowest BCUT2D eigenvalue weighted by molar-refractivity contribution is -0.141. The average Bonchev–Trinajstić information content (AvgIpc) is 2.89. The molecule has 1 N–H and O–H groups in total. The van der Waals surface area contributed by atoms with Gasteiger partial charge in [0.25, 0.3) is 5.91 Å². The van der Waals surface area contributed by atoms with Crippen molar-refractivity contribution in [2.75, 3.05) is 19.7 Å². The molecule has 1 heterocycles. The molecule has 0 bridgehead atoms. The minimum Gasteiger partial charge on any atom is -0.484 e. The molecule has 1 aliphatic heterocycles. The highest BCUT2D eigenvalue weighted by atomic mass is 35.5. The summed E-state index contributed by atoms with van der Waals surface area (Å²) in [6.07, 6.45) is 0.480. The summed E-state index contributed by atoms with van der Waals surface area (Å²) >= 11 is 11.6. The quantitative estimate of drug-likeness (QED) is 0.925. The molecule has 1 aromatic carbocycles. The summed E-state index contributed by atoms with van der Waals surface area (Å²) in [5.41, 5.74) is 0. The Morgan fingerprint density at radius 2 is 2.10 bits per heavy atom. The third-order valence-corrected chi connectivity index (χ3v) is 3.88. The van der Waals surface area contributed by atoms with Crippen LogP contribution in [0.4, 0.5) is 0 Å². The highest BCUT2D eigenvalue weighted by Crippen LogP contribution is 2.26. The summed E-state index contributed by atoms with van der Waals surface area (Å²) in [6.45, 7) is 0.531. The van der Waals surface area contributed by atoms with Crippen LogP contribution >= 0.6 is 23.2 Å². The van der Waals surface area contributed by atoms with Crippen LogP contribution in [0.3, 0.4) is 0 Å². The Bertz CT molecular complexity index is 535. The van der Waals surface area contributed by atoms with Crippen molar-refractivity contribution < 1.29 is 19.4 Å². The summed E-state index contributed by atoms with van der Waals surface area (Å²) in [4.78, 5) is 24.2. The summed E-state index contributed by atoms with van der Waals surface area (Å²) in [7, 11) is 0. The van der Waals surface area contributed by atoms with E-state index in [1.807, 2.05) is 0 Å². The van der Waals surface area contributed by atoms with Gasteiger partial charge >= 0.3 is 5.97 Å². The van der Waals surface area contributed by atoms with Gasteiger partial charge < -0.3 is 14.7 Å². The Kier molecular flexibility index (Phi) is 4.73. The molecule has 0 aliphatic carbocycles. The second-order valence-corrected chi connectivity index (χ2v) is 5.34. The van der Waals surface area contributed by atoms with Crippen molar-refractivity contribution >= 4 is 35.1 Å². The number of rotatable bonds is 4. The van der Waals surface area contributed by atoms with E-state index in [0.717, 1.165) is 0 Å². The van der Waals surface area contributed by atoms with Gasteiger partial charge in [-0.15, -0.1) is 0 Å². The monoisotopic (exact) mass is 317 g/mol. The van der Waals surface area contributed by atoms with Gasteiger partial charge in [-0.05, 0) is 18.6 Å². The van der Waals surface area contributed by atoms with Crippen molar-refractivity contribution in [2.24, 2.45) is 5.92 Å². The highest BCUT2D eigenvalue weighted by molar-refractivity contribution is 6.42. The number of likely N-dealkylation sites (tertiary alicyclic amines) is 1. The van der Waals surface area contributed by atoms with Crippen LogP contribution in [0.15, 0.2) is 18.2 Å². The Balaban J connectivity index is 1.86. The first kappa shape index (κ1) is 14.9. The van der Waals surface area contributed by atoms with E-state index in [0.29, 0.717) is 28.8 Å². The largest absolute Gasteiger partial charge is 0.484 e. The summed E-state index contributed by atoms with van der Waals surface area (Å²) in [6, 6.07) is 4.73. The fourth-order valence-corrected chi connectivity index (χ4v) is 2.28. The maximum absolute atomic E-state index is 11.9. The smallest absolute Gasteiger partial charge is 0.308 e. The van der Waals surface area contributed by atoms with Gasteiger partial charge in [0.05, 0.1) is 16.0 Å². The number of carboxylic acid groups (broad SMARTS) is 1. The number of nitrogens with zero attached hydrogens (tertiary/aromatic N) is 1. The molecule has 108 valence electrons. The van der Waals surface area contributed by atoms with E-state index in [-0.39, 0.29) is 19.1 Å². The number of benzene rings is 1. The topological polar surface area (TPSA) is 66.8 Å². The van der Waals surface area contributed by atoms with Gasteiger partial charge in [0.15, 0.2) is 6.61 Å². The van der Waals surface area contributed by atoms with Crippen molar-refractivity contribution in [2.45, 2.75) is 6.42 Å². The van der Waals surface area contributed by atoms with E-state index in [4.69, 9.17) is 33.0 Å². The maximum atomic E-state index is 11.9. The Labute approximate surface area is 126 Å². The van der Waals surface area contributed by atoms with E-state index in [1.54, 1.807) is 12.1 Å². The number of carboxylic acids is 1. The van der Waals surface area contributed by atoms with Gasteiger partial charge in [-0.1, -0.05) is 23.2 Å². The number of aliphatic carboxylic acids is 1. The minimum atomic E-state index is -0.870. The van der Waals surface area contributed by atoms with Gasteiger partial charge in [0, 0.05) is 19.2 Å². The van der Waals surface area contributed by atoms with E-state index < -0.39 is 11.9 Å². The van der Waals surface area contributed by atoms with E-state index >= 15 is 0 Å². The van der Waals surface area contributed by atoms with Crippen molar-refractivity contribution in [3.8, 4) is 5.75 Å². The van der Waals surface area contributed by atoms with Gasteiger partial charge in [-0.2, -0.15) is 0 Å². The predicted octanol–water partition coefficient (Wildman–Crippen LogP) is 2.31. The average molecular weight is 318 g/mol. The Morgan fingerprint density at radius 1 is 1.35 bits per heavy atom. The van der Waals surface area contributed by atoms with Crippen LogP contribution in [-0.2, 0) is 9.59 Å². The van der Waals surface area contributed by atoms with E-state index in [1.165, 1.54) is 11.0 Å². The molecule has 0 radical (unpaired) electrons. The van der Waals surface area contributed by atoms with Crippen LogP contribution in [0.1, 0.15) is 6.42 Å². The first-order chi connectivity index (χ1) is 9.47. The van der Waals surface area contributed by atoms with Gasteiger partial charge in [-0.25, -0.2) is 0 Å². The number of hydrogen-bond acceptors (Lipinski definition) is 3. The highest BCUT2D eigenvalue weighted by Gasteiger charge is 2.30. The number of amides is 1. The van der Waals surface area contributed by atoms with Crippen molar-refractivity contribution in [1.82, 2.24) is 4.90 Å². The zero-order valence-corrected chi connectivity index (χ0v) is 12.0. The molecule has 0 spiro atoms. The van der Waals surface area contributed by atoms with Crippen LogP contribution in [0.25, 0.3) is 0 Å². The standard InChI is InChI=1S/C13H13Cl2NO4/c14-10-2-1-9(5-11(10)15)20-7-12(17)16-4-3-8(6-16)13(18)19/h1-2,5,8H,3-4,6-7H2,(H,18,19). The number of carbonyl (C=O) groups is 2. The lowest BCUT2D eigenvalue weighted by Crippen LogP contribution is -2.33. The molecule has 7 heteroatoms. The van der Waals surface area contributed by atoms with Gasteiger partial charge in [0.1, 0.15) is 5.75 Å². The fraction of sp³-hybridized carbons (Fsp3) is 0.385. The first-order valence-corrected chi connectivity index (χ1v) is 6.81. The van der Waals surface area contributed by atoms with Gasteiger partial charge in [-0.3, -0.25) is 9.59 Å². The Morgan fingerprint density at radius 3 is 2.70 bits per heavy atom. The molecule has 5 nitrogen and oxygen atoms in total. The van der Waals surface area contributed by atoms with Crippen LogP contribution in [-0.4, -0.2) is 41.6 Å². The van der Waals surface area contributed by atoms with Crippen LogP contribution in [0.2, 0.25) is 10.0 Å². The number of ether oxygens (including phenoxy) is 1. The molecule has 1 atom stereocenters. The zero-order valence-electron chi connectivity index (χ0n) is 10.5. The molecule has 1 saturated heterocycles. The van der Waals surface area contributed by atoms with Crippen LogP contribution in [0, 0.1) is 5.92 Å². The maximum Gasteiger partial charge on any atom is 0.308 e. The molecule has 1 fully saturated rings. The number of hydrogen-bond donors (Lipinski definition) is 1.